The first kappa shape index (κ1) is 18.2. The molecule has 0 aromatic carbocycles. The van der Waals surface area contributed by atoms with Crippen LogP contribution in [0.15, 0.2) is 4.42 Å². The molecule has 7 heteroatoms. The molecule has 2 N–H and O–H groups in total. The number of aromatic hydroxyl groups is 1. The molecule has 0 spiro atoms. The maximum atomic E-state index is 11.4. The van der Waals surface area contributed by atoms with Gasteiger partial charge < -0.3 is 29.1 Å². The van der Waals surface area contributed by atoms with E-state index in [2.05, 4.69) is 5.32 Å². The lowest BCUT2D eigenvalue weighted by atomic mass is 10.2. The topological polar surface area (TPSA) is 90.2 Å². The molecular formula is C15H25NO6. The third-order valence-electron chi connectivity index (χ3n) is 2.56. The minimum atomic E-state index is -0.513. The Kier molecular flexibility index (Phi) is 6.55. The van der Waals surface area contributed by atoms with Gasteiger partial charge in [-0.25, -0.2) is 4.79 Å². The van der Waals surface area contributed by atoms with Gasteiger partial charge in [-0.2, -0.15) is 0 Å². The van der Waals surface area contributed by atoms with Gasteiger partial charge in [0, 0.05) is 6.54 Å². The van der Waals surface area contributed by atoms with E-state index >= 15 is 0 Å². The molecule has 0 radical (unpaired) electrons. The van der Waals surface area contributed by atoms with Crippen molar-refractivity contribution in [2.24, 2.45) is 0 Å². The van der Waals surface area contributed by atoms with E-state index in [4.69, 9.17) is 18.6 Å². The number of aryl methyl sites for hydroxylation is 2. The number of hydrogen-bond acceptors (Lipinski definition) is 6. The number of rotatable bonds is 7. The van der Waals surface area contributed by atoms with Gasteiger partial charge in [0.25, 0.3) is 0 Å². The molecule has 1 aromatic rings. The van der Waals surface area contributed by atoms with Crippen LogP contribution < -0.4 is 10.1 Å². The number of amides is 1. The molecule has 1 heterocycles. The SMILES string of the molecule is Cc1oc(C)c(OCCOCCNC(=O)OC(C)(C)C)c1O. The molecule has 0 aliphatic rings. The van der Waals surface area contributed by atoms with Crippen molar-refractivity contribution in [1.29, 1.82) is 0 Å². The summed E-state index contributed by atoms with van der Waals surface area (Å²) < 4.78 is 21.0. The molecule has 0 aliphatic carbocycles. The number of alkyl carbamates (subject to hydrolysis) is 1. The van der Waals surface area contributed by atoms with Crippen molar-refractivity contribution in [3.8, 4) is 11.5 Å². The van der Waals surface area contributed by atoms with Crippen LogP contribution in [0.1, 0.15) is 32.3 Å². The van der Waals surface area contributed by atoms with Crippen LogP contribution in [0.4, 0.5) is 4.79 Å². The Hall–Kier alpha value is -1.89. The average Bonchev–Trinajstić information content (AvgIpc) is 2.61. The Labute approximate surface area is 130 Å². The van der Waals surface area contributed by atoms with Crippen molar-refractivity contribution in [2.75, 3.05) is 26.4 Å². The van der Waals surface area contributed by atoms with Crippen LogP contribution in [0.5, 0.6) is 11.5 Å². The van der Waals surface area contributed by atoms with Crippen LogP contribution in [-0.2, 0) is 9.47 Å². The highest BCUT2D eigenvalue weighted by Crippen LogP contribution is 2.35. The first-order chi connectivity index (χ1) is 10.2. The van der Waals surface area contributed by atoms with Crippen molar-refractivity contribution in [3.63, 3.8) is 0 Å². The lowest BCUT2D eigenvalue weighted by molar-refractivity contribution is 0.0488. The summed E-state index contributed by atoms with van der Waals surface area (Å²) in [7, 11) is 0. The normalized spacial score (nSPS) is 11.3. The lowest BCUT2D eigenvalue weighted by Gasteiger charge is -2.19. The number of furan rings is 1. The van der Waals surface area contributed by atoms with Crippen LogP contribution >= 0.6 is 0 Å². The smallest absolute Gasteiger partial charge is 0.407 e. The van der Waals surface area contributed by atoms with Crippen LogP contribution in [0.25, 0.3) is 0 Å². The van der Waals surface area contributed by atoms with E-state index in [9.17, 15) is 9.90 Å². The molecule has 0 bridgehead atoms. The fourth-order valence-corrected chi connectivity index (χ4v) is 1.67. The van der Waals surface area contributed by atoms with Gasteiger partial charge in [-0.05, 0) is 34.6 Å². The Morgan fingerprint density at radius 1 is 1.18 bits per heavy atom. The van der Waals surface area contributed by atoms with Crippen LogP contribution in [0.3, 0.4) is 0 Å². The highest BCUT2D eigenvalue weighted by Gasteiger charge is 2.16. The van der Waals surface area contributed by atoms with Gasteiger partial charge in [0.15, 0.2) is 5.75 Å². The van der Waals surface area contributed by atoms with E-state index in [-0.39, 0.29) is 12.4 Å². The molecule has 0 saturated carbocycles. The zero-order valence-electron chi connectivity index (χ0n) is 13.8. The third-order valence-corrected chi connectivity index (χ3v) is 2.56. The highest BCUT2D eigenvalue weighted by molar-refractivity contribution is 5.67. The van der Waals surface area contributed by atoms with Gasteiger partial charge in [-0.3, -0.25) is 0 Å². The van der Waals surface area contributed by atoms with Gasteiger partial charge in [0.2, 0.25) is 5.75 Å². The fourth-order valence-electron chi connectivity index (χ4n) is 1.67. The Balaban J connectivity index is 2.10. The van der Waals surface area contributed by atoms with Crippen LogP contribution in [0.2, 0.25) is 0 Å². The van der Waals surface area contributed by atoms with E-state index in [0.717, 1.165) is 0 Å². The second-order valence-electron chi connectivity index (χ2n) is 5.78. The van der Waals surface area contributed by atoms with Gasteiger partial charge >= 0.3 is 6.09 Å². The summed E-state index contributed by atoms with van der Waals surface area (Å²) in [5.41, 5.74) is -0.513. The van der Waals surface area contributed by atoms with Crippen molar-refractivity contribution < 1.29 is 28.5 Å². The predicted octanol–water partition coefficient (Wildman–Crippen LogP) is 2.52. The minimum absolute atomic E-state index is 0.0177. The molecule has 0 atom stereocenters. The van der Waals surface area contributed by atoms with Crippen molar-refractivity contribution >= 4 is 6.09 Å². The zero-order chi connectivity index (χ0) is 16.8. The number of carbonyl (C=O) groups is 1. The van der Waals surface area contributed by atoms with Crippen molar-refractivity contribution in [2.45, 2.75) is 40.2 Å². The highest BCUT2D eigenvalue weighted by atomic mass is 16.6. The average molecular weight is 315 g/mol. The monoisotopic (exact) mass is 315 g/mol. The lowest BCUT2D eigenvalue weighted by Crippen LogP contribution is -2.34. The molecule has 22 heavy (non-hydrogen) atoms. The summed E-state index contributed by atoms with van der Waals surface area (Å²) in [5.74, 6) is 1.31. The van der Waals surface area contributed by atoms with E-state index < -0.39 is 11.7 Å². The number of hydrogen-bond donors (Lipinski definition) is 2. The van der Waals surface area contributed by atoms with E-state index in [1.165, 1.54) is 0 Å². The maximum Gasteiger partial charge on any atom is 0.407 e. The first-order valence-electron chi connectivity index (χ1n) is 7.17. The van der Waals surface area contributed by atoms with Gasteiger partial charge in [0.05, 0.1) is 13.2 Å². The Morgan fingerprint density at radius 3 is 2.41 bits per heavy atom. The first-order valence-corrected chi connectivity index (χ1v) is 7.17. The molecule has 1 rings (SSSR count). The molecule has 7 nitrogen and oxygen atoms in total. The summed E-state index contributed by atoms with van der Waals surface area (Å²) >= 11 is 0. The summed E-state index contributed by atoms with van der Waals surface area (Å²) in [4.78, 5) is 11.4. The van der Waals surface area contributed by atoms with Crippen molar-refractivity contribution in [1.82, 2.24) is 5.32 Å². The van der Waals surface area contributed by atoms with E-state index in [1.54, 1.807) is 34.6 Å². The fraction of sp³-hybridized carbons (Fsp3) is 0.667. The summed E-state index contributed by atoms with van der Waals surface area (Å²) in [6.07, 6.45) is -0.471. The molecule has 0 unspecified atom stereocenters. The molecular weight excluding hydrogens is 290 g/mol. The summed E-state index contributed by atoms with van der Waals surface area (Å²) in [5, 5.41) is 12.3. The zero-order valence-corrected chi connectivity index (χ0v) is 13.8. The van der Waals surface area contributed by atoms with Crippen LogP contribution in [-0.4, -0.2) is 43.2 Å². The molecule has 0 fully saturated rings. The quantitative estimate of drug-likeness (QED) is 0.751. The molecule has 0 aliphatic heterocycles. The molecule has 0 saturated heterocycles. The Morgan fingerprint density at radius 2 is 1.86 bits per heavy atom. The number of ether oxygens (including phenoxy) is 3. The van der Waals surface area contributed by atoms with E-state index in [0.29, 0.717) is 37.0 Å². The second kappa shape index (κ2) is 7.93. The van der Waals surface area contributed by atoms with Gasteiger partial charge in [0.1, 0.15) is 23.7 Å². The van der Waals surface area contributed by atoms with Crippen molar-refractivity contribution in [3.05, 3.63) is 11.5 Å². The van der Waals surface area contributed by atoms with E-state index in [1.807, 2.05) is 0 Å². The van der Waals surface area contributed by atoms with Gasteiger partial charge in [-0.15, -0.1) is 0 Å². The molecule has 1 amide bonds. The number of carbonyl (C=O) groups excluding carboxylic acids is 1. The predicted molar refractivity (Wildman–Crippen MR) is 80.4 cm³/mol. The summed E-state index contributed by atoms with van der Waals surface area (Å²) in [6, 6.07) is 0. The third kappa shape index (κ3) is 6.26. The Bertz CT molecular complexity index is 489. The number of nitrogens with one attached hydrogen (secondary N) is 1. The standard InChI is InChI=1S/C15H25NO6/c1-10-12(17)13(11(2)21-10)20-9-8-19-7-6-16-14(18)22-15(3,4)5/h17H,6-9H2,1-5H3,(H,16,18). The molecule has 1 aromatic heterocycles. The summed E-state index contributed by atoms with van der Waals surface area (Å²) in [6.45, 7) is 10.1. The second-order valence-corrected chi connectivity index (χ2v) is 5.78. The largest absolute Gasteiger partial charge is 0.502 e. The van der Waals surface area contributed by atoms with Crippen LogP contribution in [0, 0.1) is 13.8 Å². The minimum Gasteiger partial charge on any atom is -0.502 e. The maximum absolute atomic E-state index is 11.4. The van der Waals surface area contributed by atoms with Gasteiger partial charge in [-0.1, -0.05) is 0 Å². The molecule has 126 valence electrons.